The second kappa shape index (κ2) is 24.2. The zero-order valence-electron chi connectivity index (χ0n) is 2.01. The predicted octanol–water partition coefficient (Wildman–Crippen LogP) is -0.0949. The summed E-state index contributed by atoms with van der Waals surface area (Å²) in [5, 5.41) is 6.89. The molecule has 0 fully saturated rings. The number of carboxylic acid groups (broad SMARTS) is 1. The Bertz CT molecular complexity index is 11.5. The van der Waals surface area contributed by atoms with Gasteiger partial charge < -0.3 is 5.11 Å². The highest BCUT2D eigenvalue weighted by Gasteiger charge is 1.22. The van der Waals surface area contributed by atoms with Gasteiger partial charge in [-0.2, -0.15) is 0 Å². The van der Waals surface area contributed by atoms with Gasteiger partial charge in [-0.15, -0.1) is 0 Å². The third-order valence-electron chi connectivity index (χ3n) is 0. The molecule has 0 saturated carbocycles. The molecule has 0 aromatic rings. The fourth-order valence-corrected chi connectivity index (χ4v) is 0. The maximum absolute atomic E-state index is 8.36. The average Bonchev–Trinajstić information content (AvgIpc) is 0.918. The summed E-state index contributed by atoms with van der Waals surface area (Å²) in [5.74, 6) is 0. The van der Waals surface area contributed by atoms with Crippen LogP contribution in [-0.4, -0.2) is 11.6 Å². The normalized spacial score (nSPS) is 3.00. The second-order valence-corrected chi connectivity index (χ2v) is 0.105. The van der Waals surface area contributed by atoms with E-state index in [0.29, 0.717) is 0 Å². The number of hydrogen-bond donors (Lipinski definition) is 1. The van der Waals surface area contributed by atoms with Crippen LogP contribution in [0.3, 0.4) is 0 Å². The van der Waals surface area contributed by atoms with Crippen molar-refractivity contribution in [2.24, 2.45) is 0 Å². The van der Waals surface area contributed by atoms with Crippen molar-refractivity contribution in [3.05, 3.63) is 7.43 Å². The van der Waals surface area contributed by atoms with Crippen molar-refractivity contribution in [1.82, 2.24) is 0 Å². The predicted molar refractivity (Wildman–Crippen MR) is 13.0 cm³/mol. The lowest BCUT2D eigenvalue weighted by Gasteiger charge is -1.34. The molecular formula is C2H3O2. The van der Waals surface area contributed by atoms with Crippen LogP contribution in [0.4, 0.5) is 0 Å². The standard InChI is InChI=1S/CH2O2.CH/c2-1-3;/h1H,(H,2,3);1H. The molecule has 2 nitrogen and oxygen atoms in total. The monoisotopic (exact) mass is 59.0 g/mol. The first kappa shape index (κ1) is 9.80. The van der Waals surface area contributed by atoms with Crippen molar-refractivity contribution >= 4 is 6.47 Å². The largest absolute Gasteiger partial charge is 0.483 e. The van der Waals surface area contributed by atoms with Crippen LogP contribution < -0.4 is 0 Å². The molecule has 0 amide bonds. The lowest BCUT2D eigenvalue weighted by atomic mass is 11.7. The Hall–Kier alpha value is -0.530. The van der Waals surface area contributed by atoms with Crippen LogP contribution in [-0.2, 0) is 4.79 Å². The van der Waals surface area contributed by atoms with Crippen LogP contribution in [0.2, 0.25) is 0 Å². The molecule has 23 valence electrons. The maximum atomic E-state index is 8.36. The smallest absolute Gasteiger partial charge is 0.290 e. The Balaban J connectivity index is 0. The molecule has 0 aliphatic carbocycles. The van der Waals surface area contributed by atoms with Gasteiger partial charge in [0.15, 0.2) is 0 Å². The van der Waals surface area contributed by atoms with Gasteiger partial charge in [0.2, 0.25) is 0 Å². The first-order chi connectivity index (χ1) is 1.41. The molecule has 4 heavy (non-hydrogen) atoms. The van der Waals surface area contributed by atoms with Crippen molar-refractivity contribution in [3.8, 4) is 0 Å². The Morgan fingerprint density at radius 2 is 1.75 bits per heavy atom. The molecule has 0 unspecified atom stereocenters. The van der Waals surface area contributed by atoms with E-state index in [1.165, 1.54) is 0 Å². The zero-order valence-corrected chi connectivity index (χ0v) is 2.01. The summed E-state index contributed by atoms with van der Waals surface area (Å²) >= 11 is 0. The van der Waals surface area contributed by atoms with Gasteiger partial charge in [0.1, 0.15) is 0 Å². The van der Waals surface area contributed by atoms with Crippen molar-refractivity contribution < 1.29 is 9.90 Å². The van der Waals surface area contributed by atoms with Gasteiger partial charge in [0.25, 0.3) is 6.47 Å². The lowest BCUT2D eigenvalue weighted by Crippen LogP contribution is -1.49. The van der Waals surface area contributed by atoms with Crippen molar-refractivity contribution in [3.63, 3.8) is 0 Å². The third-order valence-corrected chi connectivity index (χ3v) is 0. The highest BCUT2D eigenvalue weighted by Crippen LogP contribution is 0.966. The molecule has 3 radical (unpaired) electrons. The van der Waals surface area contributed by atoms with E-state index in [0.717, 1.165) is 0 Å². The summed E-state index contributed by atoms with van der Waals surface area (Å²) in [5.41, 5.74) is 0. The van der Waals surface area contributed by atoms with E-state index in [1.54, 1.807) is 0 Å². The van der Waals surface area contributed by atoms with Crippen LogP contribution in [0.5, 0.6) is 0 Å². The average molecular weight is 59.0 g/mol. The zero-order chi connectivity index (χ0) is 2.71. The first-order valence-corrected chi connectivity index (χ1v) is 0.494. The molecule has 1 N–H and O–H groups in total. The molecule has 0 aromatic heterocycles. The third kappa shape index (κ3) is 1.16. The minimum atomic E-state index is -0.250. The molecule has 0 heterocycles. The van der Waals surface area contributed by atoms with Gasteiger partial charge in [0.05, 0.1) is 0 Å². The second-order valence-electron chi connectivity index (χ2n) is 0.105. The van der Waals surface area contributed by atoms with E-state index in [2.05, 4.69) is 0 Å². The van der Waals surface area contributed by atoms with E-state index in [1.807, 2.05) is 0 Å². The SMILES string of the molecule is O=CO.[CH]. The van der Waals surface area contributed by atoms with Crippen molar-refractivity contribution in [2.75, 3.05) is 0 Å². The molecule has 0 rings (SSSR count). The van der Waals surface area contributed by atoms with E-state index < -0.39 is 0 Å². The molecule has 0 aliphatic heterocycles. The number of hydrogen-bond acceptors (Lipinski definition) is 1. The van der Waals surface area contributed by atoms with Gasteiger partial charge >= 0.3 is 0 Å². The first-order valence-electron chi connectivity index (χ1n) is 0.494. The molecule has 0 atom stereocenters. The highest BCUT2D eigenvalue weighted by molar-refractivity contribution is 5.32. The summed E-state index contributed by atoms with van der Waals surface area (Å²) in [7, 11) is 0. The molecule has 0 aliphatic rings. The molecular weight excluding hydrogens is 56.0 g/mol. The summed E-state index contributed by atoms with van der Waals surface area (Å²) in [6, 6.07) is 0. The minimum absolute atomic E-state index is 0. The summed E-state index contributed by atoms with van der Waals surface area (Å²) in [4.78, 5) is 8.36. The maximum Gasteiger partial charge on any atom is 0.290 e. The van der Waals surface area contributed by atoms with Gasteiger partial charge in [-0.25, -0.2) is 0 Å². The van der Waals surface area contributed by atoms with Crippen molar-refractivity contribution in [2.45, 2.75) is 0 Å². The Morgan fingerprint density at radius 3 is 1.75 bits per heavy atom. The Labute approximate surface area is 25.1 Å². The molecule has 0 aromatic carbocycles. The number of carbonyl (C=O) groups is 1. The van der Waals surface area contributed by atoms with Crippen LogP contribution in [0.25, 0.3) is 0 Å². The van der Waals surface area contributed by atoms with Crippen LogP contribution in [0.15, 0.2) is 0 Å². The fraction of sp³-hybridized carbons (Fsp3) is 0. The Kier molecular flexibility index (Phi) is 59.2. The van der Waals surface area contributed by atoms with E-state index >= 15 is 0 Å². The molecule has 0 saturated heterocycles. The quantitative estimate of drug-likeness (QED) is 0.396. The summed E-state index contributed by atoms with van der Waals surface area (Å²) in [6.07, 6.45) is 0. The number of rotatable bonds is 0. The van der Waals surface area contributed by atoms with Gasteiger partial charge in [-0.1, -0.05) is 0 Å². The van der Waals surface area contributed by atoms with Crippen molar-refractivity contribution in [1.29, 1.82) is 0 Å². The topological polar surface area (TPSA) is 37.3 Å². The van der Waals surface area contributed by atoms with Crippen LogP contribution in [0.1, 0.15) is 0 Å². The van der Waals surface area contributed by atoms with Gasteiger partial charge in [-0.05, 0) is 7.43 Å². The molecule has 2 heteroatoms. The minimum Gasteiger partial charge on any atom is -0.483 e. The molecule has 0 bridgehead atoms. The van der Waals surface area contributed by atoms with E-state index in [-0.39, 0.29) is 13.9 Å². The van der Waals surface area contributed by atoms with Crippen LogP contribution in [0, 0.1) is 7.43 Å². The van der Waals surface area contributed by atoms with Gasteiger partial charge in [0, 0.05) is 0 Å². The van der Waals surface area contributed by atoms with E-state index in [9.17, 15) is 0 Å². The summed E-state index contributed by atoms with van der Waals surface area (Å²) < 4.78 is 0. The Morgan fingerprint density at radius 1 is 1.75 bits per heavy atom. The fourth-order valence-electron chi connectivity index (χ4n) is 0. The van der Waals surface area contributed by atoms with Gasteiger partial charge in [-0.3, -0.25) is 4.79 Å². The molecule has 0 spiro atoms. The highest BCUT2D eigenvalue weighted by atomic mass is 16.3. The van der Waals surface area contributed by atoms with E-state index in [4.69, 9.17) is 9.90 Å². The van der Waals surface area contributed by atoms with Crippen LogP contribution >= 0.6 is 0 Å². The summed E-state index contributed by atoms with van der Waals surface area (Å²) in [6.45, 7) is -0.250. The lowest BCUT2D eigenvalue weighted by molar-refractivity contribution is -0.122.